The molecule has 3 heteroatoms. The Morgan fingerprint density at radius 1 is 1.60 bits per heavy atom. The van der Waals surface area contributed by atoms with Gasteiger partial charge in [0.05, 0.1) is 0 Å². The van der Waals surface area contributed by atoms with Crippen molar-refractivity contribution in [1.82, 2.24) is 0 Å². The first-order valence-corrected chi connectivity index (χ1v) is 3.66. The lowest BCUT2D eigenvalue weighted by Gasteiger charge is -2.11. The van der Waals surface area contributed by atoms with Gasteiger partial charge in [-0.05, 0) is 18.8 Å². The Morgan fingerprint density at radius 3 is 2.70 bits per heavy atom. The highest BCUT2D eigenvalue weighted by molar-refractivity contribution is 5.77. The SMILES string of the molecule is NC(=O)[C@H]1CCC[C@H]1CO. The fourth-order valence-electron chi connectivity index (χ4n) is 1.63. The van der Waals surface area contributed by atoms with Gasteiger partial charge in [0.25, 0.3) is 0 Å². The second-order valence-electron chi connectivity index (χ2n) is 2.88. The lowest BCUT2D eigenvalue weighted by atomic mass is 9.97. The van der Waals surface area contributed by atoms with Crippen molar-refractivity contribution in [2.24, 2.45) is 17.6 Å². The summed E-state index contributed by atoms with van der Waals surface area (Å²) in [5.41, 5.74) is 5.11. The van der Waals surface area contributed by atoms with Crippen molar-refractivity contribution in [3.63, 3.8) is 0 Å². The van der Waals surface area contributed by atoms with Crippen molar-refractivity contribution in [3.05, 3.63) is 0 Å². The van der Waals surface area contributed by atoms with E-state index in [0.29, 0.717) is 0 Å². The molecule has 3 nitrogen and oxygen atoms in total. The molecule has 1 aliphatic carbocycles. The standard InChI is InChI=1S/C7H13NO2/c8-7(10)6-3-1-2-5(6)4-9/h5-6,9H,1-4H2,(H2,8,10)/t5-,6-/m0/s1. The molecular formula is C7H13NO2. The Hall–Kier alpha value is -0.570. The summed E-state index contributed by atoms with van der Waals surface area (Å²) in [7, 11) is 0. The van der Waals surface area contributed by atoms with Gasteiger partial charge in [0.2, 0.25) is 5.91 Å². The maximum atomic E-state index is 10.7. The first-order chi connectivity index (χ1) is 4.75. The van der Waals surface area contributed by atoms with Crippen molar-refractivity contribution in [2.45, 2.75) is 19.3 Å². The first-order valence-electron chi connectivity index (χ1n) is 3.66. The molecule has 3 N–H and O–H groups in total. The average Bonchev–Trinajstić information content (AvgIpc) is 2.33. The molecule has 58 valence electrons. The quantitative estimate of drug-likeness (QED) is 0.566. The number of rotatable bonds is 2. The molecule has 2 atom stereocenters. The Balaban J connectivity index is 2.50. The minimum Gasteiger partial charge on any atom is -0.396 e. The van der Waals surface area contributed by atoms with Crippen molar-refractivity contribution >= 4 is 5.91 Å². The topological polar surface area (TPSA) is 63.3 Å². The van der Waals surface area contributed by atoms with Crippen LogP contribution in [0.25, 0.3) is 0 Å². The molecule has 10 heavy (non-hydrogen) atoms. The summed E-state index contributed by atoms with van der Waals surface area (Å²) < 4.78 is 0. The van der Waals surface area contributed by atoms with E-state index in [1.807, 2.05) is 0 Å². The van der Waals surface area contributed by atoms with Crippen LogP contribution in [0.2, 0.25) is 0 Å². The molecule has 0 spiro atoms. The summed E-state index contributed by atoms with van der Waals surface area (Å²) in [6, 6.07) is 0. The van der Waals surface area contributed by atoms with E-state index in [0.717, 1.165) is 19.3 Å². The molecule has 0 saturated heterocycles. The lowest BCUT2D eigenvalue weighted by Crippen LogP contribution is -2.27. The molecule has 0 radical (unpaired) electrons. The molecule has 0 heterocycles. The van der Waals surface area contributed by atoms with E-state index in [1.165, 1.54) is 0 Å². The predicted octanol–water partition coefficient (Wildman–Crippen LogP) is -0.120. The second kappa shape index (κ2) is 3.01. The van der Waals surface area contributed by atoms with E-state index < -0.39 is 0 Å². The third-order valence-corrected chi connectivity index (χ3v) is 2.26. The maximum absolute atomic E-state index is 10.7. The molecule has 0 aromatic heterocycles. The van der Waals surface area contributed by atoms with Crippen LogP contribution in [0, 0.1) is 11.8 Å². The van der Waals surface area contributed by atoms with Gasteiger partial charge in [-0.2, -0.15) is 0 Å². The van der Waals surface area contributed by atoms with Gasteiger partial charge in [-0.25, -0.2) is 0 Å². The Morgan fingerprint density at radius 2 is 2.30 bits per heavy atom. The van der Waals surface area contributed by atoms with Crippen LogP contribution in [0.4, 0.5) is 0 Å². The molecule has 1 saturated carbocycles. The van der Waals surface area contributed by atoms with Gasteiger partial charge in [0, 0.05) is 12.5 Å². The summed E-state index contributed by atoms with van der Waals surface area (Å²) in [5.74, 6) is -0.181. The Kier molecular flexibility index (Phi) is 2.27. The summed E-state index contributed by atoms with van der Waals surface area (Å²) in [6.45, 7) is 0.105. The first kappa shape index (κ1) is 7.54. The molecule has 0 aliphatic heterocycles. The third kappa shape index (κ3) is 1.29. The van der Waals surface area contributed by atoms with E-state index in [4.69, 9.17) is 10.8 Å². The number of hydrogen-bond acceptors (Lipinski definition) is 2. The van der Waals surface area contributed by atoms with E-state index in [-0.39, 0.29) is 24.3 Å². The van der Waals surface area contributed by atoms with Crippen molar-refractivity contribution in [1.29, 1.82) is 0 Å². The highest BCUT2D eigenvalue weighted by Gasteiger charge is 2.30. The van der Waals surface area contributed by atoms with Crippen LogP contribution in [0.1, 0.15) is 19.3 Å². The highest BCUT2D eigenvalue weighted by atomic mass is 16.3. The molecule has 0 unspecified atom stereocenters. The number of amides is 1. The van der Waals surface area contributed by atoms with Crippen LogP contribution in [0.15, 0.2) is 0 Å². The van der Waals surface area contributed by atoms with Crippen LogP contribution in [0.5, 0.6) is 0 Å². The maximum Gasteiger partial charge on any atom is 0.220 e. The molecule has 0 bridgehead atoms. The third-order valence-electron chi connectivity index (χ3n) is 2.26. The normalized spacial score (nSPS) is 32.5. The molecule has 0 aromatic carbocycles. The van der Waals surface area contributed by atoms with E-state index in [2.05, 4.69) is 0 Å². The summed E-state index contributed by atoms with van der Waals surface area (Å²) in [6.07, 6.45) is 2.84. The zero-order valence-corrected chi connectivity index (χ0v) is 5.92. The number of primary amides is 1. The lowest BCUT2D eigenvalue weighted by molar-refractivity contribution is -0.123. The minimum atomic E-state index is -0.253. The van der Waals surface area contributed by atoms with Gasteiger partial charge in [0.1, 0.15) is 0 Å². The van der Waals surface area contributed by atoms with Crippen molar-refractivity contribution in [2.75, 3.05) is 6.61 Å². The fourth-order valence-corrected chi connectivity index (χ4v) is 1.63. The average molecular weight is 143 g/mol. The van der Waals surface area contributed by atoms with Gasteiger partial charge in [0.15, 0.2) is 0 Å². The van der Waals surface area contributed by atoms with Crippen LogP contribution in [-0.4, -0.2) is 17.6 Å². The smallest absolute Gasteiger partial charge is 0.220 e. The number of aliphatic hydroxyl groups is 1. The van der Waals surface area contributed by atoms with Gasteiger partial charge < -0.3 is 10.8 Å². The fraction of sp³-hybridized carbons (Fsp3) is 0.857. The molecular weight excluding hydrogens is 130 g/mol. The van der Waals surface area contributed by atoms with E-state index in [1.54, 1.807) is 0 Å². The molecule has 1 amide bonds. The number of carbonyl (C=O) groups excluding carboxylic acids is 1. The number of hydrogen-bond donors (Lipinski definition) is 2. The van der Waals surface area contributed by atoms with Gasteiger partial charge in [-0.15, -0.1) is 0 Å². The van der Waals surface area contributed by atoms with Crippen LogP contribution < -0.4 is 5.73 Å². The summed E-state index contributed by atoms with van der Waals surface area (Å²) in [4.78, 5) is 10.7. The largest absolute Gasteiger partial charge is 0.396 e. The molecule has 1 rings (SSSR count). The molecule has 1 aliphatic rings. The highest BCUT2D eigenvalue weighted by Crippen LogP contribution is 2.30. The van der Waals surface area contributed by atoms with Crippen LogP contribution in [0.3, 0.4) is 0 Å². The van der Waals surface area contributed by atoms with Crippen molar-refractivity contribution < 1.29 is 9.90 Å². The predicted molar refractivity (Wildman–Crippen MR) is 37.1 cm³/mol. The number of carbonyl (C=O) groups is 1. The Bertz CT molecular complexity index is 136. The van der Waals surface area contributed by atoms with E-state index >= 15 is 0 Å². The van der Waals surface area contributed by atoms with Gasteiger partial charge >= 0.3 is 0 Å². The van der Waals surface area contributed by atoms with Gasteiger partial charge in [-0.1, -0.05) is 6.42 Å². The zero-order valence-electron chi connectivity index (χ0n) is 5.92. The monoisotopic (exact) mass is 143 g/mol. The minimum absolute atomic E-state index is 0.0648. The summed E-state index contributed by atoms with van der Waals surface area (Å²) >= 11 is 0. The van der Waals surface area contributed by atoms with Crippen LogP contribution in [-0.2, 0) is 4.79 Å². The number of aliphatic hydroxyl groups excluding tert-OH is 1. The molecule has 1 fully saturated rings. The summed E-state index contributed by atoms with van der Waals surface area (Å²) in [5, 5.41) is 8.78. The number of nitrogens with two attached hydrogens (primary N) is 1. The second-order valence-corrected chi connectivity index (χ2v) is 2.88. The Labute approximate surface area is 60.2 Å². The van der Waals surface area contributed by atoms with Crippen LogP contribution >= 0.6 is 0 Å². The van der Waals surface area contributed by atoms with E-state index in [9.17, 15) is 4.79 Å². The molecule has 0 aromatic rings. The van der Waals surface area contributed by atoms with Gasteiger partial charge in [-0.3, -0.25) is 4.79 Å². The zero-order chi connectivity index (χ0) is 7.56. The van der Waals surface area contributed by atoms with Crippen molar-refractivity contribution in [3.8, 4) is 0 Å².